The van der Waals surface area contributed by atoms with Gasteiger partial charge in [-0.1, -0.05) is 301 Å². The SMILES string of the molecule is CCCCCCCCCCCCCCCCCCCCCCC/C=C/C(O)C(CO)NC(=O)CCCCCCCCCCCC/C=C\C=C/CCCCCOC(=O)CCCCCCCCCCCCCC. The zero-order valence-corrected chi connectivity index (χ0v) is 47.7. The lowest BCUT2D eigenvalue weighted by Crippen LogP contribution is -2.45. The van der Waals surface area contributed by atoms with Gasteiger partial charge in [0, 0.05) is 12.8 Å². The summed E-state index contributed by atoms with van der Waals surface area (Å²) in [4.78, 5) is 24.5. The normalized spacial score (nSPS) is 12.8. The third-order valence-electron chi connectivity index (χ3n) is 14.7. The van der Waals surface area contributed by atoms with Gasteiger partial charge in [0.05, 0.1) is 25.4 Å². The average Bonchev–Trinajstić information content (AvgIpc) is 3.37. The van der Waals surface area contributed by atoms with Crippen LogP contribution >= 0.6 is 0 Å². The Balaban J connectivity index is 3.50. The third-order valence-corrected chi connectivity index (χ3v) is 14.7. The second kappa shape index (κ2) is 60.6. The maximum absolute atomic E-state index is 12.5. The molecule has 0 spiro atoms. The number of rotatable bonds is 59. The van der Waals surface area contributed by atoms with Gasteiger partial charge >= 0.3 is 5.97 Å². The summed E-state index contributed by atoms with van der Waals surface area (Å²) >= 11 is 0. The molecule has 0 rings (SSSR count). The van der Waals surface area contributed by atoms with Crippen LogP contribution in [0.15, 0.2) is 36.5 Å². The molecule has 0 radical (unpaired) electrons. The highest BCUT2D eigenvalue weighted by atomic mass is 16.5. The number of hydrogen-bond acceptors (Lipinski definition) is 5. The molecule has 0 aromatic heterocycles. The molecular formula is C65H123NO5. The Kier molecular flexibility index (Phi) is 59.0. The Bertz CT molecular complexity index is 1150. The summed E-state index contributed by atoms with van der Waals surface area (Å²) in [5.74, 6) is -0.0880. The lowest BCUT2D eigenvalue weighted by Gasteiger charge is -2.20. The number of ether oxygens (including phenoxy) is 1. The molecular weight excluding hydrogens is 875 g/mol. The van der Waals surface area contributed by atoms with E-state index >= 15 is 0 Å². The molecule has 0 aromatic rings. The van der Waals surface area contributed by atoms with Crippen molar-refractivity contribution in [2.75, 3.05) is 13.2 Å². The van der Waals surface area contributed by atoms with Crippen molar-refractivity contribution in [1.29, 1.82) is 0 Å². The zero-order chi connectivity index (χ0) is 51.4. The van der Waals surface area contributed by atoms with Crippen molar-refractivity contribution in [3.8, 4) is 0 Å². The van der Waals surface area contributed by atoms with Crippen molar-refractivity contribution in [1.82, 2.24) is 5.32 Å². The van der Waals surface area contributed by atoms with Crippen molar-refractivity contribution in [3.05, 3.63) is 36.5 Å². The minimum Gasteiger partial charge on any atom is -0.466 e. The van der Waals surface area contributed by atoms with Crippen LogP contribution in [0.2, 0.25) is 0 Å². The predicted molar refractivity (Wildman–Crippen MR) is 310 cm³/mol. The van der Waals surface area contributed by atoms with Crippen LogP contribution < -0.4 is 5.32 Å². The minimum absolute atomic E-state index is 0.0131. The van der Waals surface area contributed by atoms with Crippen LogP contribution in [-0.2, 0) is 14.3 Å². The zero-order valence-electron chi connectivity index (χ0n) is 47.7. The first kappa shape index (κ1) is 69.1. The van der Waals surface area contributed by atoms with Gasteiger partial charge in [0.1, 0.15) is 0 Å². The van der Waals surface area contributed by atoms with Crippen LogP contribution in [0.4, 0.5) is 0 Å². The van der Waals surface area contributed by atoms with Gasteiger partial charge in [-0.2, -0.15) is 0 Å². The van der Waals surface area contributed by atoms with Gasteiger partial charge in [-0.05, 0) is 64.2 Å². The van der Waals surface area contributed by atoms with E-state index < -0.39 is 12.1 Å². The van der Waals surface area contributed by atoms with Crippen LogP contribution in [0, 0.1) is 0 Å². The van der Waals surface area contributed by atoms with Crippen LogP contribution in [-0.4, -0.2) is 47.4 Å². The number of amides is 1. The molecule has 0 aromatic carbocycles. The standard InChI is InChI=1S/C65H123NO5/c1-3-5-7-9-11-13-15-17-18-19-20-21-22-23-25-28-31-34-37-41-45-49-53-57-63(68)62(61-67)66-64(69)58-54-50-46-42-38-35-32-29-26-24-27-30-33-36-40-44-48-52-56-60-71-65(70)59-55-51-47-43-39-16-14-12-10-8-6-4-2/h30,33,36,40,53,57,62-63,67-68H,3-29,31-32,34-35,37-39,41-52,54-56,58-61H2,1-2H3,(H,66,69)/b33-30-,40-36-,57-53+. The summed E-state index contributed by atoms with van der Waals surface area (Å²) in [5, 5.41) is 23.2. The lowest BCUT2D eigenvalue weighted by molar-refractivity contribution is -0.143. The van der Waals surface area contributed by atoms with Gasteiger partial charge in [0.15, 0.2) is 0 Å². The summed E-state index contributed by atoms with van der Waals surface area (Å²) < 4.78 is 5.44. The van der Waals surface area contributed by atoms with E-state index in [1.54, 1.807) is 6.08 Å². The molecule has 0 aliphatic heterocycles. The number of hydrogen-bond donors (Lipinski definition) is 3. The Morgan fingerprint density at radius 1 is 0.394 bits per heavy atom. The highest BCUT2D eigenvalue weighted by molar-refractivity contribution is 5.76. The highest BCUT2D eigenvalue weighted by Gasteiger charge is 2.18. The van der Waals surface area contributed by atoms with Gasteiger partial charge in [0.2, 0.25) is 5.91 Å². The van der Waals surface area contributed by atoms with E-state index in [4.69, 9.17) is 4.74 Å². The van der Waals surface area contributed by atoms with E-state index in [0.29, 0.717) is 19.4 Å². The topological polar surface area (TPSA) is 95.9 Å². The van der Waals surface area contributed by atoms with Crippen molar-refractivity contribution in [3.63, 3.8) is 0 Å². The maximum atomic E-state index is 12.5. The van der Waals surface area contributed by atoms with Crippen molar-refractivity contribution < 1.29 is 24.5 Å². The van der Waals surface area contributed by atoms with Gasteiger partial charge < -0.3 is 20.3 Å². The van der Waals surface area contributed by atoms with Crippen molar-refractivity contribution in [2.24, 2.45) is 0 Å². The van der Waals surface area contributed by atoms with E-state index in [2.05, 4.69) is 43.5 Å². The van der Waals surface area contributed by atoms with E-state index in [1.807, 2.05) is 6.08 Å². The Morgan fingerprint density at radius 2 is 0.690 bits per heavy atom. The molecule has 71 heavy (non-hydrogen) atoms. The summed E-state index contributed by atoms with van der Waals surface area (Å²) in [6.45, 7) is 4.88. The van der Waals surface area contributed by atoms with Gasteiger partial charge in [-0.15, -0.1) is 0 Å². The van der Waals surface area contributed by atoms with E-state index in [1.165, 1.54) is 238 Å². The smallest absolute Gasteiger partial charge is 0.305 e. The molecule has 3 N–H and O–H groups in total. The van der Waals surface area contributed by atoms with Crippen LogP contribution in [0.5, 0.6) is 0 Å². The number of carbonyl (C=O) groups excluding carboxylic acids is 2. The van der Waals surface area contributed by atoms with Gasteiger partial charge in [-0.3, -0.25) is 9.59 Å². The summed E-state index contributed by atoms with van der Waals surface area (Å²) in [7, 11) is 0. The predicted octanol–water partition coefficient (Wildman–Crippen LogP) is 20.0. The van der Waals surface area contributed by atoms with Crippen LogP contribution in [0.1, 0.15) is 341 Å². The number of aliphatic hydroxyl groups excluding tert-OH is 2. The molecule has 418 valence electrons. The number of nitrogens with one attached hydrogen (secondary N) is 1. The first-order valence-electron chi connectivity index (χ1n) is 31.8. The molecule has 1 amide bonds. The van der Waals surface area contributed by atoms with Crippen LogP contribution in [0.25, 0.3) is 0 Å². The monoisotopic (exact) mass is 998 g/mol. The molecule has 2 atom stereocenters. The summed E-state index contributed by atoms with van der Waals surface area (Å²) in [6.07, 6.45) is 76.2. The minimum atomic E-state index is -0.853. The largest absolute Gasteiger partial charge is 0.466 e. The van der Waals surface area contributed by atoms with Gasteiger partial charge in [0.25, 0.3) is 0 Å². The summed E-state index contributed by atoms with van der Waals surface area (Å²) in [5.41, 5.74) is 0. The van der Waals surface area contributed by atoms with E-state index in [0.717, 1.165) is 77.0 Å². The number of allylic oxidation sites excluding steroid dienone is 5. The third kappa shape index (κ3) is 57.2. The molecule has 6 heteroatoms. The van der Waals surface area contributed by atoms with Crippen LogP contribution in [0.3, 0.4) is 0 Å². The lowest BCUT2D eigenvalue weighted by atomic mass is 10.0. The second-order valence-electron chi connectivity index (χ2n) is 21.8. The molecule has 0 aliphatic rings. The quantitative estimate of drug-likeness (QED) is 0.0244. The summed E-state index contributed by atoms with van der Waals surface area (Å²) in [6, 6.07) is -0.637. The Labute approximate surface area is 443 Å². The fourth-order valence-electron chi connectivity index (χ4n) is 9.80. The molecule has 0 bridgehead atoms. The molecule has 0 saturated heterocycles. The fourth-order valence-corrected chi connectivity index (χ4v) is 9.80. The average molecular weight is 999 g/mol. The number of aliphatic hydroxyl groups is 2. The number of carbonyl (C=O) groups is 2. The van der Waals surface area contributed by atoms with Crippen molar-refractivity contribution in [2.45, 2.75) is 353 Å². The maximum Gasteiger partial charge on any atom is 0.305 e. The first-order valence-corrected chi connectivity index (χ1v) is 31.8. The van der Waals surface area contributed by atoms with E-state index in [9.17, 15) is 19.8 Å². The Hall–Kier alpha value is -1.92. The molecule has 0 heterocycles. The molecule has 2 unspecified atom stereocenters. The fraction of sp³-hybridized carbons (Fsp3) is 0.877. The highest BCUT2D eigenvalue weighted by Crippen LogP contribution is 2.17. The Morgan fingerprint density at radius 3 is 1.04 bits per heavy atom. The molecule has 0 saturated carbocycles. The molecule has 6 nitrogen and oxygen atoms in total. The van der Waals surface area contributed by atoms with Gasteiger partial charge in [-0.25, -0.2) is 0 Å². The first-order chi connectivity index (χ1) is 35.0. The van der Waals surface area contributed by atoms with Crippen molar-refractivity contribution >= 4 is 11.9 Å². The molecule has 0 aliphatic carbocycles. The van der Waals surface area contributed by atoms with E-state index in [-0.39, 0.29) is 18.5 Å². The number of unbranched alkanes of at least 4 members (excludes halogenated alkanes) is 45. The second-order valence-corrected chi connectivity index (χ2v) is 21.8. The number of esters is 1. The molecule has 0 fully saturated rings.